The Kier molecular flexibility index (Phi) is 4.20. The first-order valence-corrected chi connectivity index (χ1v) is 7.71. The van der Waals surface area contributed by atoms with Crippen molar-refractivity contribution in [2.45, 2.75) is 19.9 Å². The van der Waals surface area contributed by atoms with E-state index in [1.165, 1.54) is 0 Å². The first-order chi connectivity index (χ1) is 11.5. The van der Waals surface area contributed by atoms with Gasteiger partial charge in [0.25, 0.3) is 5.91 Å². The summed E-state index contributed by atoms with van der Waals surface area (Å²) in [6, 6.07) is 1.72. The number of carbonyl (C=O) groups excluding carboxylic acids is 2. The highest BCUT2D eigenvalue weighted by Crippen LogP contribution is 2.23. The molecule has 0 radical (unpaired) electrons. The van der Waals surface area contributed by atoms with Crippen LogP contribution in [0.5, 0.6) is 0 Å². The number of nitrogens with one attached hydrogen (secondary N) is 2. The molecule has 0 saturated heterocycles. The van der Waals surface area contributed by atoms with E-state index in [0.717, 1.165) is 16.8 Å². The number of hydrogen-bond donors (Lipinski definition) is 2. The van der Waals surface area contributed by atoms with Crippen molar-refractivity contribution in [3.8, 4) is 0 Å². The molecule has 1 aliphatic rings. The van der Waals surface area contributed by atoms with Crippen molar-refractivity contribution < 1.29 is 9.59 Å². The largest absolute Gasteiger partial charge is 0.331 e. The van der Waals surface area contributed by atoms with Crippen molar-refractivity contribution in [1.82, 2.24) is 25.0 Å². The Balaban J connectivity index is 1.81. The Morgan fingerprint density at radius 2 is 2.12 bits per heavy atom. The molecule has 126 valence electrons. The number of aromatic nitrogens is 3. The first-order valence-electron chi connectivity index (χ1n) is 7.71. The number of pyridine rings is 1. The van der Waals surface area contributed by atoms with Gasteiger partial charge in [0.15, 0.2) is 5.82 Å². The number of urea groups is 1. The number of hydrogen-bond acceptors (Lipinski definition) is 4. The predicted octanol–water partition coefficient (Wildman–Crippen LogP) is 1.41. The summed E-state index contributed by atoms with van der Waals surface area (Å²) < 4.78 is 0. The summed E-state index contributed by atoms with van der Waals surface area (Å²) in [6.45, 7) is 2.91. The molecule has 2 N–H and O–H groups in total. The molecule has 8 nitrogen and oxygen atoms in total. The van der Waals surface area contributed by atoms with Gasteiger partial charge in [-0.2, -0.15) is 5.10 Å². The van der Waals surface area contributed by atoms with Crippen LogP contribution in [0.25, 0.3) is 0 Å². The van der Waals surface area contributed by atoms with Gasteiger partial charge < -0.3 is 15.1 Å². The summed E-state index contributed by atoms with van der Waals surface area (Å²) in [5, 5.41) is 9.57. The van der Waals surface area contributed by atoms with E-state index in [0.29, 0.717) is 30.9 Å². The van der Waals surface area contributed by atoms with Crippen LogP contribution in [-0.4, -0.2) is 57.6 Å². The highest BCUT2D eigenvalue weighted by Gasteiger charge is 2.25. The number of anilines is 1. The second-order valence-electron chi connectivity index (χ2n) is 6.06. The first kappa shape index (κ1) is 16.0. The van der Waals surface area contributed by atoms with E-state index in [9.17, 15) is 9.59 Å². The highest BCUT2D eigenvalue weighted by atomic mass is 16.2. The number of aryl methyl sites for hydroxylation is 1. The molecule has 8 heteroatoms. The van der Waals surface area contributed by atoms with Gasteiger partial charge in [-0.25, -0.2) is 4.79 Å². The van der Waals surface area contributed by atoms with E-state index >= 15 is 0 Å². The zero-order valence-electron chi connectivity index (χ0n) is 14.0. The quantitative estimate of drug-likeness (QED) is 0.871. The van der Waals surface area contributed by atoms with Crippen LogP contribution in [0.15, 0.2) is 18.5 Å². The second-order valence-corrected chi connectivity index (χ2v) is 6.06. The van der Waals surface area contributed by atoms with Crippen molar-refractivity contribution in [2.24, 2.45) is 0 Å². The van der Waals surface area contributed by atoms with Crippen LogP contribution in [0.2, 0.25) is 0 Å². The minimum absolute atomic E-state index is 0.0393. The molecule has 0 saturated carbocycles. The number of fused-ring (bicyclic) bond motifs is 1. The SMILES string of the molecule is Cc1cc(NC(=O)c2cncc3c2CCN(C(=O)N(C)C)C3)n[nH]1. The third-order valence-corrected chi connectivity index (χ3v) is 3.98. The topological polar surface area (TPSA) is 94.2 Å². The third-order valence-electron chi connectivity index (χ3n) is 3.98. The van der Waals surface area contributed by atoms with E-state index in [1.807, 2.05) is 6.92 Å². The normalized spacial score (nSPS) is 13.4. The monoisotopic (exact) mass is 328 g/mol. The lowest BCUT2D eigenvalue weighted by atomic mass is 9.97. The van der Waals surface area contributed by atoms with E-state index in [-0.39, 0.29) is 11.9 Å². The summed E-state index contributed by atoms with van der Waals surface area (Å²) in [6.07, 6.45) is 3.91. The fourth-order valence-electron chi connectivity index (χ4n) is 2.80. The smallest absolute Gasteiger partial charge is 0.319 e. The molecular weight excluding hydrogens is 308 g/mol. The Hall–Kier alpha value is -2.90. The summed E-state index contributed by atoms with van der Waals surface area (Å²) in [7, 11) is 3.46. The fourth-order valence-corrected chi connectivity index (χ4v) is 2.80. The zero-order valence-corrected chi connectivity index (χ0v) is 14.0. The number of H-pyrrole nitrogens is 1. The number of rotatable bonds is 2. The minimum Gasteiger partial charge on any atom is -0.331 e. The molecule has 24 heavy (non-hydrogen) atoms. The van der Waals surface area contributed by atoms with E-state index in [4.69, 9.17) is 0 Å². The van der Waals surface area contributed by atoms with Crippen LogP contribution >= 0.6 is 0 Å². The van der Waals surface area contributed by atoms with E-state index < -0.39 is 0 Å². The number of aromatic amines is 1. The zero-order chi connectivity index (χ0) is 17.3. The maximum Gasteiger partial charge on any atom is 0.319 e. The number of nitrogens with zero attached hydrogens (tertiary/aromatic N) is 4. The Morgan fingerprint density at radius 3 is 2.79 bits per heavy atom. The lowest BCUT2D eigenvalue weighted by molar-refractivity contribution is 0.102. The Morgan fingerprint density at radius 1 is 1.33 bits per heavy atom. The average Bonchev–Trinajstić information content (AvgIpc) is 2.97. The average molecular weight is 328 g/mol. The highest BCUT2D eigenvalue weighted by molar-refractivity contribution is 6.04. The Labute approximate surface area is 139 Å². The van der Waals surface area contributed by atoms with Gasteiger partial charge in [-0.15, -0.1) is 0 Å². The van der Waals surface area contributed by atoms with Gasteiger partial charge in [-0.1, -0.05) is 0 Å². The van der Waals surface area contributed by atoms with Gasteiger partial charge in [0.1, 0.15) is 0 Å². The van der Waals surface area contributed by atoms with Crippen LogP contribution in [0.1, 0.15) is 27.2 Å². The van der Waals surface area contributed by atoms with Gasteiger partial charge >= 0.3 is 6.03 Å². The molecule has 2 aromatic rings. The van der Waals surface area contributed by atoms with E-state index in [2.05, 4.69) is 20.5 Å². The molecular formula is C16H20N6O2. The van der Waals surface area contributed by atoms with Crippen LogP contribution in [-0.2, 0) is 13.0 Å². The van der Waals surface area contributed by atoms with Gasteiger partial charge in [0.05, 0.1) is 5.56 Å². The third kappa shape index (κ3) is 3.08. The molecule has 3 rings (SSSR count). The molecule has 2 aromatic heterocycles. The minimum atomic E-state index is -0.238. The Bertz CT molecular complexity index is 783. The van der Waals surface area contributed by atoms with Crippen molar-refractivity contribution in [2.75, 3.05) is 26.0 Å². The van der Waals surface area contributed by atoms with Crippen LogP contribution in [0, 0.1) is 6.92 Å². The van der Waals surface area contributed by atoms with Crippen LogP contribution in [0.4, 0.5) is 10.6 Å². The lowest BCUT2D eigenvalue weighted by Gasteiger charge is -2.31. The second kappa shape index (κ2) is 6.31. The number of carbonyl (C=O) groups is 2. The van der Waals surface area contributed by atoms with Crippen LogP contribution < -0.4 is 5.32 Å². The molecule has 0 bridgehead atoms. The van der Waals surface area contributed by atoms with Gasteiger partial charge in [-0.05, 0) is 24.5 Å². The molecule has 0 unspecified atom stereocenters. The molecule has 0 aromatic carbocycles. The predicted molar refractivity (Wildman–Crippen MR) is 88.7 cm³/mol. The molecule has 1 aliphatic heterocycles. The molecule has 0 fully saturated rings. The fraction of sp³-hybridized carbons (Fsp3) is 0.375. The van der Waals surface area contributed by atoms with Gasteiger partial charge in [0, 0.05) is 51.3 Å². The molecule has 3 heterocycles. The van der Waals surface area contributed by atoms with Gasteiger partial charge in [-0.3, -0.25) is 14.9 Å². The standard InChI is InChI=1S/C16H20N6O2/c1-10-6-14(20-19-10)18-15(23)13-8-17-7-11-9-22(5-4-12(11)13)16(24)21(2)3/h6-8H,4-5,9H2,1-3H3,(H2,18,19,20,23). The van der Waals surface area contributed by atoms with Crippen LogP contribution in [0.3, 0.4) is 0 Å². The van der Waals surface area contributed by atoms with Gasteiger partial charge in [0.2, 0.25) is 0 Å². The lowest BCUT2D eigenvalue weighted by Crippen LogP contribution is -2.42. The van der Waals surface area contributed by atoms with Crippen molar-refractivity contribution >= 4 is 17.8 Å². The summed E-state index contributed by atoms with van der Waals surface area (Å²) in [4.78, 5) is 32.1. The molecule has 0 spiro atoms. The maximum absolute atomic E-state index is 12.5. The molecule has 0 aliphatic carbocycles. The molecule has 3 amide bonds. The van der Waals surface area contributed by atoms with Crippen molar-refractivity contribution in [1.29, 1.82) is 0 Å². The van der Waals surface area contributed by atoms with Crippen molar-refractivity contribution in [3.05, 3.63) is 40.8 Å². The maximum atomic E-state index is 12.5. The van der Waals surface area contributed by atoms with Crippen molar-refractivity contribution in [3.63, 3.8) is 0 Å². The summed E-state index contributed by atoms with van der Waals surface area (Å²) >= 11 is 0. The van der Waals surface area contributed by atoms with E-state index in [1.54, 1.807) is 42.4 Å². The summed E-state index contributed by atoms with van der Waals surface area (Å²) in [5.74, 6) is 0.244. The summed E-state index contributed by atoms with van der Waals surface area (Å²) in [5.41, 5.74) is 3.25. The number of amides is 3. The molecule has 0 atom stereocenters.